The Morgan fingerprint density at radius 1 is 1.43 bits per heavy atom. The van der Waals surface area contributed by atoms with E-state index in [-0.39, 0.29) is 0 Å². The standard InChI is InChI=1S/C11H25N3/c1-10(13-7-3-6-12)11-4-8-14(2)9-5-11/h10-11,13H,3-9,12H2,1-2H3. The molecule has 1 atom stereocenters. The van der Waals surface area contributed by atoms with Crippen LogP contribution in [0.4, 0.5) is 0 Å². The van der Waals surface area contributed by atoms with Crippen molar-refractivity contribution in [3.63, 3.8) is 0 Å². The molecule has 3 heteroatoms. The SMILES string of the molecule is CC(NCCCN)C1CCN(C)CC1. The molecule has 1 rings (SSSR count). The van der Waals surface area contributed by atoms with Crippen LogP contribution in [-0.2, 0) is 0 Å². The molecule has 1 saturated heterocycles. The van der Waals surface area contributed by atoms with Crippen LogP contribution in [0.3, 0.4) is 0 Å². The van der Waals surface area contributed by atoms with Crippen LogP contribution in [0.5, 0.6) is 0 Å². The van der Waals surface area contributed by atoms with Crippen molar-refractivity contribution in [3.8, 4) is 0 Å². The maximum atomic E-state index is 5.46. The van der Waals surface area contributed by atoms with Crippen molar-refractivity contribution in [1.29, 1.82) is 0 Å². The summed E-state index contributed by atoms with van der Waals surface area (Å²) in [5.74, 6) is 0.865. The van der Waals surface area contributed by atoms with Gasteiger partial charge in [0.25, 0.3) is 0 Å². The van der Waals surface area contributed by atoms with Gasteiger partial charge in [0.1, 0.15) is 0 Å². The number of hydrogen-bond acceptors (Lipinski definition) is 3. The fourth-order valence-corrected chi connectivity index (χ4v) is 2.13. The number of nitrogens with two attached hydrogens (primary N) is 1. The molecule has 0 aliphatic carbocycles. The number of piperidine rings is 1. The van der Waals surface area contributed by atoms with E-state index in [0.717, 1.165) is 25.4 Å². The Bertz CT molecular complexity index is 141. The first-order chi connectivity index (χ1) is 6.74. The quantitative estimate of drug-likeness (QED) is 0.639. The van der Waals surface area contributed by atoms with Gasteiger partial charge in [-0.05, 0) is 65.3 Å². The lowest BCUT2D eigenvalue weighted by atomic mass is 9.90. The zero-order valence-corrected chi connectivity index (χ0v) is 9.63. The average molecular weight is 199 g/mol. The van der Waals surface area contributed by atoms with E-state index in [9.17, 15) is 0 Å². The van der Waals surface area contributed by atoms with Gasteiger partial charge >= 0.3 is 0 Å². The fraction of sp³-hybridized carbons (Fsp3) is 1.00. The number of hydrogen-bond donors (Lipinski definition) is 2. The molecule has 0 bridgehead atoms. The maximum absolute atomic E-state index is 5.46. The summed E-state index contributed by atoms with van der Waals surface area (Å²) in [6.07, 6.45) is 3.78. The fourth-order valence-electron chi connectivity index (χ4n) is 2.13. The Hall–Kier alpha value is -0.120. The monoisotopic (exact) mass is 199 g/mol. The number of likely N-dealkylation sites (tertiary alicyclic amines) is 1. The number of rotatable bonds is 5. The van der Waals surface area contributed by atoms with Crippen LogP contribution < -0.4 is 11.1 Å². The van der Waals surface area contributed by atoms with Gasteiger partial charge in [-0.25, -0.2) is 0 Å². The van der Waals surface area contributed by atoms with Crippen LogP contribution in [0.25, 0.3) is 0 Å². The van der Waals surface area contributed by atoms with Gasteiger partial charge in [-0.3, -0.25) is 0 Å². The summed E-state index contributed by atoms with van der Waals surface area (Å²) in [4.78, 5) is 2.42. The molecular weight excluding hydrogens is 174 g/mol. The van der Waals surface area contributed by atoms with Gasteiger partial charge in [0.05, 0.1) is 0 Å². The zero-order chi connectivity index (χ0) is 10.4. The van der Waals surface area contributed by atoms with E-state index in [1.165, 1.54) is 25.9 Å². The van der Waals surface area contributed by atoms with Gasteiger partial charge in [-0.2, -0.15) is 0 Å². The Morgan fingerprint density at radius 2 is 2.07 bits per heavy atom. The molecular formula is C11H25N3. The van der Waals surface area contributed by atoms with E-state index in [2.05, 4.69) is 24.2 Å². The van der Waals surface area contributed by atoms with Gasteiger partial charge in [-0.15, -0.1) is 0 Å². The minimum absolute atomic E-state index is 0.662. The van der Waals surface area contributed by atoms with Crippen molar-refractivity contribution in [3.05, 3.63) is 0 Å². The molecule has 1 heterocycles. The maximum Gasteiger partial charge on any atom is 0.00679 e. The van der Waals surface area contributed by atoms with Crippen LogP contribution in [0.1, 0.15) is 26.2 Å². The summed E-state index contributed by atoms with van der Waals surface area (Å²) in [7, 11) is 2.21. The molecule has 0 amide bonds. The zero-order valence-electron chi connectivity index (χ0n) is 9.63. The van der Waals surface area contributed by atoms with Crippen LogP contribution in [0, 0.1) is 5.92 Å². The van der Waals surface area contributed by atoms with Crippen LogP contribution >= 0.6 is 0 Å². The Kier molecular flexibility index (Phi) is 5.45. The van der Waals surface area contributed by atoms with Gasteiger partial charge in [0, 0.05) is 6.04 Å². The molecule has 1 unspecified atom stereocenters. The molecule has 1 aliphatic rings. The summed E-state index contributed by atoms with van der Waals surface area (Å²) < 4.78 is 0. The highest BCUT2D eigenvalue weighted by atomic mass is 15.1. The van der Waals surface area contributed by atoms with Gasteiger partial charge in [0.2, 0.25) is 0 Å². The molecule has 1 aliphatic heterocycles. The summed E-state index contributed by atoms with van der Waals surface area (Å²) in [5.41, 5.74) is 5.46. The Balaban J connectivity index is 2.13. The van der Waals surface area contributed by atoms with Gasteiger partial charge < -0.3 is 16.0 Å². The molecule has 0 aromatic heterocycles. The topological polar surface area (TPSA) is 41.3 Å². The third-order valence-electron chi connectivity index (χ3n) is 3.32. The van der Waals surface area contributed by atoms with E-state index in [0.29, 0.717) is 6.04 Å². The van der Waals surface area contributed by atoms with E-state index in [4.69, 9.17) is 5.73 Å². The second kappa shape index (κ2) is 6.38. The number of nitrogens with zero attached hydrogens (tertiary/aromatic N) is 1. The smallest absolute Gasteiger partial charge is 0.00679 e. The lowest BCUT2D eigenvalue weighted by Gasteiger charge is -2.33. The highest BCUT2D eigenvalue weighted by Crippen LogP contribution is 2.19. The van der Waals surface area contributed by atoms with Crippen molar-refractivity contribution in [2.24, 2.45) is 11.7 Å². The molecule has 0 saturated carbocycles. The molecule has 0 radical (unpaired) electrons. The first-order valence-corrected chi connectivity index (χ1v) is 5.86. The van der Waals surface area contributed by atoms with Crippen LogP contribution in [0.2, 0.25) is 0 Å². The predicted octanol–water partition coefficient (Wildman–Crippen LogP) is 0.655. The molecule has 0 aromatic rings. The largest absolute Gasteiger partial charge is 0.330 e. The van der Waals surface area contributed by atoms with Crippen LogP contribution in [-0.4, -0.2) is 44.2 Å². The second-order valence-electron chi connectivity index (χ2n) is 4.53. The van der Waals surface area contributed by atoms with Gasteiger partial charge in [-0.1, -0.05) is 0 Å². The van der Waals surface area contributed by atoms with Crippen LogP contribution in [0.15, 0.2) is 0 Å². The van der Waals surface area contributed by atoms with Crippen molar-refractivity contribution in [2.75, 3.05) is 33.2 Å². The third-order valence-corrected chi connectivity index (χ3v) is 3.32. The molecule has 3 N–H and O–H groups in total. The first-order valence-electron chi connectivity index (χ1n) is 5.86. The Labute approximate surface area is 88.0 Å². The summed E-state index contributed by atoms with van der Waals surface area (Å²) >= 11 is 0. The average Bonchev–Trinajstić information content (AvgIpc) is 2.19. The van der Waals surface area contributed by atoms with E-state index < -0.39 is 0 Å². The third kappa shape index (κ3) is 3.95. The molecule has 84 valence electrons. The number of nitrogens with one attached hydrogen (secondary N) is 1. The molecule has 0 spiro atoms. The lowest BCUT2D eigenvalue weighted by molar-refractivity contribution is 0.190. The van der Waals surface area contributed by atoms with Gasteiger partial charge in [0.15, 0.2) is 0 Å². The highest BCUT2D eigenvalue weighted by Gasteiger charge is 2.21. The van der Waals surface area contributed by atoms with Crippen molar-refractivity contribution < 1.29 is 0 Å². The molecule has 0 aromatic carbocycles. The summed E-state index contributed by atoms with van der Waals surface area (Å²) in [6.45, 7) is 6.70. The first kappa shape index (κ1) is 12.0. The minimum Gasteiger partial charge on any atom is -0.330 e. The molecule has 14 heavy (non-hydrogen) atoms. The van der Waals surface area contributed by atoms with E-state index in [1.807, 2.05) is 0 Å². The molecule has 1 fully saturated rings. The van der Waals surface area contributed by atoms with Crippen molar-refractivity contribution in [1.82, 2.24) is 10.2 Å². The lowest BCUT2D eigenvalue weighted by Crippen LogP contribution is -2.41. The molecule has 3 nitrogen and oxygen atoms in total. The summed E-state index contributed by atoms with van der Waals surface area (Å²) in [5, 5.41) is 3.57. The highest BCUT2D eigenvalue weighted by molar-refractivity contribution is 4.78. The van der Waals surface area contributed by atoms with E-state index >= 15 is 0 Å². The predicted molar refractivity (Wildman–Crippen MR) is 61.4 cm³/mol. The summed E-state index contributed by atoms with van der Waals surface area (Å²) in [6, 6.07) is 0.662. The second-order valence-corrected chi connectivity index (χ2v) is 4.53. The normalized spacial score (nSPS) is 22.5. The van der Waals surface area contributed by atoms with Crippen molar-refractivity contribution >= 4 is 0 Å². The van der Waals surface area contributed by atoms with Crippen molar-refractivity contribution in [2.45, 2.75) is 32.2 Å². The van der Waals surface area contributed by atoms with E-state index in [1.54, 1.807) is 0 Å². The minimum atomic E-state index is 0.662. The Morgan fingerprint density at radius 3 is 2.64 bits per heavy atom.